The van der Waals surface area contributed by atoms with Gasteiger partial charge >= 0.3 is 0 Å². The van der Waals surface area contributed by atoms with E-state index in [2.05, 4.69) is 25.3 Å². The predicted molar refractivity (Wildman–Crippen MR) is 118 cm³/mol. The molecule has 0 radical (unpaired) electrons. The second-order valence-corrected chi connectivity index (χ2v) is 8.45. The van der Waals surface area contributed by atoms with Gasteiger partial charge in [-0.3, -0.25) is 9.36 Å². The molecule has 0 saturated heterocycles. The summed E-state index contributed by atoms with van der Waals surface area (Å²) in [6.45, 7) is 0. The fourth-order valence-electron chi connectivity index (χ4n) is 3.53. The second-order valence-electron chi connectivity index (χ2n) is 7.07. The standard InChI is InChI=1S/C21H22ClN5O2S/c22-16-10-8-15(9-11-16)20-25-26-21(27(20)17-5-2-1-3-6-17)30-14-19(28)24-23-13-18-7-4-12-29-18/h4,7-13,17H,1-3,5-6,14H2,(H,24,28)/b23-13-. The highest BCUT2D eigenvalue weighted by Crippen LogP contribution is 2.35. The summed E-state index contributed by atoms with van der Waals surface area (Å²) in [6, 6.07) is 11.5. The average Bonchev–Trinajstić information content (AvgIpc) is 3.43. The van der Waals surface area contributed by atoms with Gasteiger partial charge in [-0.25, -0.2) is 5.43 Å². The van der Waals surface area contributed by atoms with Crippen LogP contribution in [0, 0.1) is 0 Å². The molecule has 1 N–H and O–H groups in total. The van der Waals surface area contributed by atoms with E-state index in [1.807, 2.05) is 24.3 Å². The van der Waals surface area contributed by atoms with Gasteiger partial charge in [0.05, 0.1) is 18.2 Å². The molecule has 0 bridgehead atoms. The number of benzene rings is 1. The first-order valence-electron chi connectivity index (χ1n) is 9.90. The lowest BCUT2D eigenvalue weighted by Gasteiger charge is -2.25. The third kappa shape index (κ3) is 5.12. The summed E-state index contributed by atoms with van der Waals surface area (Å²) in [5.74, 6) is 1.37. The number of furan rings is 1. The molecule has 1 saturated carbocycles. The van der Waals surface area contributed by atoms with E-state index in [1.54, 1.807) is 18.4 Å². The van der Waals surface area contributed by atoms with Crippen LogP contribution in [-0.4, -0.2) is 32.6 Å². The summed E-state index contributed by atoms with van der Waals surface area (Å²) in [5.41, 5.74) is 3.48. The van der Waals surface area contributed by atoms with Crippen LogP contribution in [0.3, 0.4) is 0 Å². The highest BCUT2D eigenvalue weighted by molar-refractivity contribution is 7.99. The Kier molecular flexibility index (Phi) is 6.86. The van der Waals surface area contributed by atoms with Crippen molar-refractivity contribution in [1.82, 2.24) is 20.2 Å². The van der Waals surface area contributed by atoms with Crippen LogP contribution in [0.1, 0.15) is 43.9 Å². The maximum Gasteiger partial charge on any atom is 0.250 e. The Hall–Kier alpha value is -2.58. The number of hydrazone groups is 1. The summed E-state index contributed by atoms with van der Waals surface area (Å²) in [4.78, 5) is 12.2. The maximum atomic E-state index is 12.2. The van der Waals surface area contributed by atoms with E-state index in [4.69, 9.17) is 16.0 Å². The van der Waals surface area contributed by atoms with Gasteiger partial charge < -0.3 is 4.42 Å². The molecule has 1 aliphatic carbocycles. The van der Waals surface area contributed by atoms with Crippen molar-refractivity contribution < 1.29 is 9.21 Å². The smallest absolute Gasteiger partial charge is 0.250 e. The van der Waals surface area contributed by atoms with Gasteiger partial charge in [0.1, 0.15) is 5.76 Å². The van der Waals surface area contributed by atoms with E-state index in [0.717, 1.165) is 29.4 Å². The Morgan fingerprint density at radius 3 is 2.77 bits per heavy atom. The third-order valence-electron chi connectivity index (χ3n) is 4.96. The lowest BCUT2D eigenvalue weighted by Crippen LogP contribution is -2.20. The number of nitrogens with zero attached hydrogens (tertiary/aromatic N) is 4. The SMILES string of the molecule is O=C(CSc1nnc(-c2ccc(Cl)cc2)n1C1CCCCC1)N/N=C\c1ccco1. The Balaban J connectivity index is 1.48. The van der Waals surface area contributed by atoms with Gasteiger partial charge in [-0.1, -0.05) is 42.6 Å². The minimum atomic E-state index is -0.214. The van der Waals surface area contributed by atoms with E-state index < -0.39 is 0 Å². The maximum absolute atomic E-state index is 12.2. The molecular formula is C21H22ClN5O2S. The molecule has 2 heterocycles. The van der Waals surface area contributed by atoms with Crippen molar-refractivity contribution in [1.29, 1.82) is 0 Å². The van der Waals surface area contributed by atoms with Crippen LogP contribution in [0.2, 0.25) is 5.02 Å². The fourth-order valence-corrected chi connectivity index (χ4v) is 4.46. The van der Waals surface area contributed by atoms with Crippen LogP contribution in [0.4, 0.5) is 0 Å². The molecule has 1 aromatic carbocycles. The zero-order valence-corrected chi connectivity index (χ0v) is 17.9. The summed E-state index contributed by atoms with van der Waals surface area (Å²) >= 11 is 7.41. The molecule has 9 heteroatoms. The highest BCUT2D eigenvalue weighted by atomic mass is 35.5. The second kappa shape index (κ2) is 9.95. The van der Waals surface area contributed by atoms with Crippen molar-refractivity contribution in [3.63, 3.8) is 0 Å². The molecule has 30 heavy (non-hydrogen) atoms. The molecular weight excluding hydrogens is 422 g/mol. The molecule has 0 atom stereocenters. The number of rotatable bonds is 7. The van der Waals surface area contributed by atoms with E-state index >= 15 is 0 Å². The largest absolute Gasteiger partial charge is 0.463 e. The minimum absolute atomic E-state index is 0.195. The van der Waals surface area contributed by atoms with Gasteiger partial charge in [-0.2, -0.15) is 5.10 Å². The zero-order valence-electron chi connectivity index (χ0n) is 16.3. The molecule has 0 spiro atoms. The molecule has 1 aliphatic rings. The number of halogens is 1. The highest BCUT2D eigenvalue weighted by Gasteiger charge is 2.24. The number of hydrogen-bond acceptors (Lipinski definition) is 6. The van der Waals surface area contributed by atoms with Crippen LogP contribution in [0.25, 0.3) is 11.4 Å². The van der Waals surface area contributed by atoms with Crippen molar-refractivity contribution in [2.24, 2.45) is 5.10 Å². The van der Waals surface area contributed by atoms with Gasteiger partial charge in [0.25, 0.3) is 5.91 Å². The molecule has 156 valence electrons. The molecule has 0 aliphatic heterocycles. The zero-order chi connectivity index (χ0) is 20.8. The van der Waals surface area contributed by atoms with E-state index in [9.17, 15) is 4.79 Å². The number of amides is 1. The number of carbonyl (C=O) groups is 1. The molecule has 4 rings (SSSR count). The Morgan fingerprint density at radius 1 is 1.23 bits per heavy atom. The van der Waals surface area contributed by atoms with Crippen LogP contribution in [0.5, 0.6) is 0 Å². The summed E-state index contributed by atoms with van der Waals surface area (Å²) in [7, 11) is 0. The van der Waals surface area contributed by atoms with Crippen molar-refractivity contribution in [2.45, 2.75) is 43.3 Å². The third-order valence-corrected chi connectivity index (χ3v) is 6.16. The normalized spacial score (nSPS) is 15.0. The van der Waals surface area contributed by atoms with Crippen LogP contribution in [-0.2, 0) is 4.79 Å². The van der Waals surface area contributed by atoms with E-state index in [1.165, 1.54) is 37.2 Å². The molecule has 3 aromatic rings. The quantitative estimate of drug-likeness (QED) is 0.317. The number of nitrogens with one attached hydrogen (secondary N) is 1. The predicted octanol–water partition coefficient (Wildman–Crippen LogP) is 4.94. The Bertz CT molecular complexity index is 995. The molecule has 1 fully saturated rings. The summed E-state index contributed by atoms with van der Waals surface area (Å²) < 4.78 is 7.33. The number of aromatic nitrogens is 3. The summed E-state index contributed by atoms with van der Waals surface area (Å²) in [5, 5.41) is 14.2. The molecule has 0 unspecified atom stereocenters. The van der Waals surface area contributed by atoms with Crippen molar-refractivity contribution in [3.05, 3.63) is 53.4 Å². The topological polar surface area (TPSA) is 85.3 Å². The first-order chi connectivity index (χ1) is 14.7. The fraction of sp³-hybridized carbons (Fsp3) is 0.333. The van der Waals surface area contributed by atoms with Gasteiger partial charge in [-0.05, 0) is 49.2 Å². The minimum Gasteiger partial charge on any atom is -0.463 e. The van der Waals surface area contributed by atoms with Gasteiger partial charge in [0.2, 0.25) is 0 Å². The van der Waals surface area contributed by atoms with E-state index in [0.29, 0.717) is 16.8 Å². The van der Waals surface area contributed by atoms with Crippen LogP contribution in [0.15, 0.2) is 57.3 Å². The lowest BCUT2D eigenvalue weighted by atomic mass is 9.95. The first-order valence-corrected chi connectivity index (χ1v) is 11.3. The first kappa shape index (κ1) is 20.7. The number of carbonyl (C=O) groups excluding carboxylic acids is 1. The van der Waals surface area contributed by atoms with Gasteiger partial charge in [-0.15, -0.1) is 10.2 Å². The summed E-state index contributed by atoms with van der Waals surface area (Å²) in [6.07, 6.45) is 8.83. The molecule has 7 nitrogen and oxygen atoms in total. The van der Waals surface area contributed by atoms with Gasteiger partial charge in [0, 0.05) is 16.6 Å². The van der Waals surface area contributed by atoms with E-state index in [-0.39, 0.29) is 11.7 Å². The van der Waals surface area contributed by atoms with Crippen molar-refractivity contribution in [2.75, 3.05) is 5.75 Å². The number of hydrogen-bond donors (Lipinski definition) is 1. The molecule has 2 aromatic heterocycles. The van der Waals surface area contributed by atoms with Crippen molar-refractivity contribution in [3.8, 4) is 11.4 Å². The van der Waals surface area contributed by atoms with Crippen LogP contribution < -0.4 is 5.43 Å². The Morgan fingerprint density at radius 2 is 2.03 bits per heavy atom. The van der Waals surface area contributed by atoms with Crippen molar-refractivity contribution >= 4 is 35.5 Å². The lowest BCUT2D eigenvalue weighted by molar-refractivity contribution is -0.118. The monoisotopic (exact) mass is 443 g/mol. The average molecular weight is 444 g/mol. The number of thioether (sulfide) groups is 1. The van der Waals surface area contributed by atoms with Gasteiger partial charge in [0.15, 0.2) is 11.0 Å². The van der Waals surface area contributed by atoms with Crippen LogP contribution >= 0.6 is 23.4 Å². The molecule has 1 amide bonds. The Labute approximate surface area is 183 Å².